The lowest BCUT2D eigenvalue weighted by Crippen LogP contribution is -2.20. The lowest BCUT2D eigenvalue weighted by molar-refractivity contribution is -0.118. The summed E-state index contributed by atoms with van der Waals surface area (Å²) in [6.45, 7) is -0.191. The van der Waals surface area contributed by atoms with Crippen molar-refractivity contribution in [1.29, 1.82) is 5.26 Å². The predicted molar refractivity (Wildman–Crippen MR) is 82.7 cm³/mol. The molecule has 0 saturated carbocycles. The number of para-hydroxylation sites is 1. The molecule has 2 heterocycles. The number of nitrogens with zero attached hydrogens (tertiary/aromatic N) is 3. The van der Waals surface area contributed by atoms with E-state index in [2.05, 4.69) is 15.3 Å². The fraction of sp³-hybridized carbons (Fsp3) is 0.0667. The topological polar surface area (TPSA) is 87.9 Å². The quantitative estimate of drug-likeness (QED) is 0.800. The van der Waals surface area contributed by atoms with Gasteiger partial charge in [0.2, 0.25) is 5.88 Å². The van der Waals surface area contributed by atoms with Crippen molar-refractivity contribution in [1.82, 2.24) is 9.97 Å². The van der Waals surface area contributed by atoms with Crippen molar-refractivity contribution >= 4 is 33.1 Å². The summed E-state index contributed by atoms with van der Waals surface area (Å²) >= 11 is 1.29. The van der Waals surface area contributed by atoms with Crippen LogP contribution in [0.1, 0.15) is 5.56 Å². The molecule has 0 aliphatic heterocycles. The molecular formula is C15H10N4O2S. The number of hydrogen-bond donors (Lipinski definition) is 1. The lowest BCUT2D eigenvalue weighted by Gasteiger charge is -2.07. The van der Waals surface area contributed by atoms with Crippen LogP contribution < -0.4 is 10.1 Å². The van der Waals surface area contributed by atoms with Crippen molar-refractivity contribution < 1.29 is 9.53 Å². The van der Waals surface area contributed by atoms with Crippen LogP contribution in [0.15, 0.2) is 42.0 Å². The normalized spacial score (nSPS) is 10.1. The van der Waals surface area contributed by atoms with Gasteiger partial charge in [-0.05, 0) is 23.6 Å². The molecule has 0 atom stereocenters. The van der Waals surface area contributed by atoms with E-state index < -0.39 is 0 Å². The molecule has 0 saturated heterocycles. The van der Waals surface area contributed by atoms with E-state index in [0.717, 1.165) is 10.9 Å². The number of ether oxygens (including phenoxy) is 1. The van der Waals surface area contributed by atoms with Crippen LogP contribution in [0.25, 0.3) is 10.9 Å². The number of nitrogens with one attached hydrogen (secondary N) is 1. The van der Waals surface area contributed by atoms with Crippen molar-refractivity contribution in [2.45, 2.75) is 0 Å². The zero-order valence-electron chi connectivity index (χ0n) is 11.3. The second-order valence-corrected chi connectivity index (χ2v) is 5.22. The van der Waals surface area contributed by atoms with Gasteiger partial charge in [-0.15, -0.1) is 11.3 Å². The minimum atomic E-state index is -0.346. The minimum Gasteiger partial charge on any atom is -0.467 e. The molecule has 0 unspecified atom stereocenters. The van der Waals surface area contributed by atoms with E-state index in [9.17, 15) is 4.79 Å². The molecule has 0 aliphatic carbocycles. The maximum absolute atomic E-state index is 11.9. The highest BCUT2D eigenvalue weighted by Gasteiger charge is 2.10. The summed E-state index contributed by atoms with van der Waals surface area (Å²) in [7, 11) is 0. The Bertz CT molecular complexity index is 864. The fourth-order valence-corrected chi connectivity index (χ4v) is 2.64. The smallest absolute Gasteiger partial charge is 0.263 e. The molecule has 0 fully saturated rings. The Balaban J connectivity index is 1.69. The number of benzene rings is 1. The van der Waals surface area contributed by atoms with Crippen LogP contribution in [0.2, 0.25) is 0 Å². The Morgan fingerprint density at radius 1 is 1.32 bits per heavy atom. The predicted octanol–water partition coefficient (Wildman–Crippen LogP) is 2.58. The first-order valence-corrected chi connectivity index (χ1v) is 7.26. The third-order valence-electron chi connectivity index (χ3n) is 2.88. The van der Waals surface area contributed by atoms with Crippen LogP contribution in [0.5, 0.6) is 5.88 Å². The number of carbonyl (C=O) groups excluding carboxylic acids is 1. The lowest BCUT2D eigenvalue weighted by atomic mass is 10.2. The van der Waals surface area contributed by atoms with Gasteiger partial charge in [-0.25, -0.2) is 9.97 Å². The highest BCUT2D eigenvalue weighted by atomic mass is 32.1. The van der Waals surface area contributed by atoms with E-state index >= 15 is 0 Å². The largest absolute Gasteiger partial charge is 0.467 e. The Morgan fingerprint density at radius 2 is 2.18 bits per heavy atom. The Kier molecular flexibility index (Phi) is 3.94. The summed E-state index contributed by atoms with van der Waals surface area (Å²) in [6, 6.07) is 11.1. The van der Waals surface area contributed by atoms with E-state index in [1.54, 1.807) is 11.4 Å². The van der Waals surface area contributed by atoms with E-state index in [-0.39, 0.29) is 12.5 Å². The molecule has 0 aliphatic rings. The van der Waals surface area contributed by atoms with E-state index in [4.69, 9.17) is 10.00 Å². The molecule has 0 bridgehead atoms. The zero-order valence-corrected chi connectivity index (χ0v) is 12.1. The zero-order chi connectivity index (χ0) is 15.4. The molecule has 108 valence electrons. The molecule has 3 aromatic rings. The number of nitriles is 1. The summed E-state index contributed by atoms with van der Waals surface area (Å²) in [6.07, 6.45) is 1.39. The molecule has 22 heavy (non-hydrogen) atoms. The van der Waals surface area contributed by atoms with Gasteiger partial charge in [0.05, 0.1) is 16.5 Å². The van der Waals surface area contributed by atoms with Crippen LogP contribution >= 0.6 is 11.3 Å². The third kappa shape index (κ3) is 2.87. The van der Waals surface area contributed by atoms with Gasteiger partial charge in [0.1, 0.15) is 17.4 Å². The fourth-order valence-electron chi connectivity index (χ4n) is 1.89. The number of amides is 1. The summed E-state index contributed by atoms with van der Waals surface area (Å²) in [5.41, 5.74) is 1.18. The van der Waals surface area contributed by atoms with Gasteiger partial charge in [0.25, 0.3) is 5.91 Å². The van der Waals surface area contributed by atoms with Crippen molar-refractivity contribution in [3.8, 4) is 11.9 Å². The van der Waals surface area contributed by atoms with Crippen LogP contribution in [-0.4, -0.2) is 22.5 Å². The van der Waals surface area contributed by atoms with Crippen LogP contribution in [0, 0.1) is 11.3 Å². The monoisotopic (exact) mass is 310 g/mol. The second-order valence-electron chi connectivity index (χ2n) is 4.31. The first kappa shape index (κ1) is 14.0. The van der Waals surface area contributed by atoms with Gasteiger partial charge in [-0.1, -0.05) is 12.1 Å². The van der Waals surface area contributed by atoms with Crippen molar-refractivity contribution in [3.63, 3.8) is 0 Å². The molecule has 6 nitrogen and oxygen atoms in total. The standard InChI is InChI=1S/C15H10N4O2S/c16-7-10-5-6-22-15(10)19-13(20)8-21-14-11-3-1-2-4-12(11)17-9-18-14/h1-6,9H,8H2,(H,19,20). The molecule has 2 aromatic heterocycles. The number of thiophene rings is 1. The van der Waals surface area contributed by atoms with Gasteiger partial charge in [-0.2, -0.15) is 5.26 Å². The molecule has 3 rings (SSSR count). The maximum Gasteiger partial charge on any atom is 0.263 e. The van der Waals surface area contributed by atoms with E-state index in [1.807, 2.05) is 30.3 Å². The number of rotatable bonds is 4. The average Bonchev–Trinajstić information content (AvgIpc) is 3.00. The molecule has 1 amide bonds. The Morgan fingerprint density at radius 3 is 3.05 bits per heavy atom. The van der Waals surface area contributed by atoms with Gasteiger partial charge < -0.3 is 10.1 Å². The van der Waals surface area contributed by atoms with Crippen LogP contribution in [0.4, 0.5) is 5.00 Å². The average molecular weight is 310 g/mol. The molecule has 7 heteroatoms. The first-order chi connectivity index (χ1) is 10.8. The van der Waals surface area contributed by atoms with Gasteiger partial charge in [0, 0.05) is 0 Å². The number of carbonyl (C=O) groups is 1. The maximum atomic E-state index is 11.9. The van der Waals surface area contributed by atoms with Gasteiger partial charge in [0.15, 0.2) is 6.61 Å². The Labute approximate surface area is 130 Å². The number of anilines is 1. The van der Waals surface area contributed by atoms with Crippen molar-refractivity contribution in [2.75, 3.05) is 11.9 Å². The number of hydrogen-bond acceptors (Lipinski definition) is 6. The van der Waals surface area contributed by atoms with E-state index in [0.29, 0.717) is 16.4 Å². The number of fused-ring (bicyclic) bond motifs is 1. The van der Waals surface area contributed by atoms with Crippen molar-refractivity contribution in [2.24, 2.45) is 0 Å². The minimum absolute atomic E-state index is 0.191. The van der Waals surface area contributed by atoms with Gasteiger partial charge in [-0.3, -0.25) is 4.79 Å². The Hall–Kier alpha value is -2.98. The highest BCUT2D eigenvalue weighted by Crippen LogP contribution is 2.23. The second kappa shape index (κ2) is 6.20. The summed E-state index contributed by atoms with van der Waals surface area (Å²) in [5, 5.41) is 14.6. The van der Waals surface area contributed by atoms with Crippen LogP contribution in [-0.2, 0) is 4.79 Å². The van der Waals surface area contributed by atoms with Crippen LogP contribution in [0.3, 0.4) is 0 Å². The van der Waals surface area contributed by atoms with Crippen molar-refractivity contribution in [3.05, 3.63) is 47.6 Å². The molecule has 0 radical (unpaired) electrons. The van der Waals surface area contributed by atoms with E-state index in [1.165, 1.54) is 17.7 Å². The number of aromatic nitrogens is 2. The molecule has 1 aromatic carbocycles. The molecular weight excluding hydrogens is 300 g/mol. The van der Waals surface area contributed by atoms with Gasteiger partial charge >= 0.3 is 0 Å². The SMILES string of the molecule is N#Cc1ccsc1NC(=O)COc1ncnc2ccccc12. The molecule has 1 N–H and O–H groups in total. The summed E-state index contributed by atoms with van der Waals surface area (Å²) < 4.78 is 5.46. The molecule has 0 spiro atoms. The third-order valence-corrected chi connectivity index (χ3v) is 3.71. The summed E-state index contributed by atoms with van der Waals surface area (Å²) in [4.78, 5) is 20.1. The highest BCUT2D eigenvalue weighted by molar-refractivity contribution is 7.14. The first-order valence-electron chi connectivity index (χ1n) is 6.38. The summed E-state index contributed by atoms with van der Waals surface area (Å²) in [5.74, 6) is 0.00841.